The Bertz CT molecular complexity index is 282. The standard InChI is InChI=1S/C13H23F2N.C2H3N.C2H6/c1-10-2-4-11(5-3-10)16-12-6-8-13(14,15)9-7-12;1-2-3;1-2/h10-12,16H,2-9H2,1H3;1H3;1-2H3. The van der Waals surface area contributed by atoms with Gasteiger partial charge in [0.2, 0.25) is 5.92 Å². The fourth-order valence-electron chi connectivity index (χ4n) is 2.97. The minimum Gasteiger partial charge on any atom is -0.311 e. The van der Waals surface area contributed by atoms with Crippen molar-refractivity contribution in [3.63, 3.8) is 0 Å². The number of nitriles is 1. The SMILES string of the molecule is CC.CC#N.CC1CCC(NC2CCC(F)(F)CC2)CC1. The molecule has 0 bridgehead atoms. The lowest BCUT2D eigenvalue weighted by Crippen LogP contribution is -2.43. The minimum absolute atomic E-state index is 0.0772. The van der Waals surface area contributed by atoms with Crippen LogP contribution in [0.15, 0.2) is 0 Å². The van der Waals surface area contributed by atoms with E-state index >= 15 is 0 Å². The van der Waals surface area contributed by atoms with Gasteiger partial charge in [0.25, 0.3) is 0 Å². The number of hydrogen-bond acceptors (Lipinski definition) is 2. The highest BCUT2D eigenvalue weighted by Gasteiger charge is 2.35. The fourth-order valence-corrected chi connectivity index (χ4v) is 2.97. The van der Waals surface area contributed by atoms with Crippen molar-refractivity contribution in [2.75, 3.05) is 0 Å². The van der Waals surface area contributed by atoms with Gasteiger partial charge in [-0.1, -0.05) is 20.8 Å². The molecule has 21 heavy (non-hydrogen) atoms. The van der Waals surface area contributed by atoms with Crippen molar-refractivity contribution in [3.8, 4) is 6.07 Å². The molecule has 2 fully saturated rings. The molecule has 2 saturated carbocycles. The van der Waals surface area contributed by atoms with E-state index in [0.717, 1.165) is 5.92 Å². The van der Waals surface area contributed by atoms with Gasteiger partial charge in [0, 0.05) is 31.8 Å². The highest BCUT2D eigenvalue weighted by molar-refractivity contribution is 4.85. The van der Waals surface area contributed by atoms with E-state index in [1.807, 2.05) is 13.8 Å². The van der Waals surface area contributed by atoms with Crippen LogP contribution in [0, 0.1) is 17.2 Å². The second-order valence-electron chi connectivity index (χ2n) is 5.98. The number of hydrogen-bond donors (Lipinski definition) is 1. The maximum absolute atomic E-state index is 13.0. The quantitative estimate of drug-likeness (QED) is 0.752. The first kappa shape index (κ1) is 20.3. The summed E-state index contributed by atoms with van der Waals surface area (Å²) in [5.74, 6) is -1.53. The van der Waals surface area contributed by atoms with E-state index in [-0.39, 0.29) is 12.8 Å². The smallest absolute Gasteiger partial charge is 0.248 e. The molecule has 0 aromatic carbocycles. The van der Waals surface area contributed by atoms with Crippen molar-refractivity contribution in [2.24, 2.45) is 5.92 Å². The van der Waals surface area contributed by atoms with Crippen LogP contribution in [0.1, 0.15) is 79.1 Å². The zero-order valence-electron chi connectivity index (χ0n) is 14.1. The Hall–Kier alpha value is -0.690. The molecule has 2 aliphatic rings. The predicted octanol–water partition coefficient (Wildman–Crippen LogP) is 5.29. The lowest BCUT2D eigenvalue weighted by atomic mass is 9.85. The third kappa shape index (κ3) is 9.03. The molecule has 0 atom stereocenters. The molecule has 124 valence electrons. The number of rotatable bonds is 2. The van der Waals surface area contributed by atoms with E-state index in [1.54, 1.807) is 6.07 Å². The molecule has 4 heteroatoms. The van der Waals surface area contributed by atoms with Crippen molar-refractivity contribution in [1.29, 1.82) is 5.26 Å². The van der Waals surface area contributed by atoms with Crippen molar-refractivity contribution in [3.05, 3.63) is 0 Å². The third-order valence-corrected chi connectivity index (χ3v) is 4.20. The van der Waals surface area contributed by atoms with Crippen LogP contribution in [0.2, 0.25) is 0 Å². The summed E-state index contributed by atoms with van der Waals surface area (Å²) in [6.07, 6.45) is 6.50. The van der Waals surface area contributed by atoms with E-state index in [2.05, 4.69) is 12.2 Å². The van der Waals surface area contributed by atoms with Crippen LogP contribution >= 0.6 is 0 Å². The summed E-state index contributed by atoms with van der Waals surface area (Å²) >= 11 is 0. The zero-order chi connectivity index (χ0) is 16.3. The van der Waals surface area contributed by atoms with Crippen molar-refractivity contribution < 1.29 is 8.78 Å². The monoisotopic (exact) mass is 302 g/mol. The molecule has 0 aromatic rings. The zero-order valence-corrected chi connectivity index (χ0v) is 14.1. The topological polar surface area (TPSA) is 35.8 Å². The number of halogens is 2. The van der Waals surface area contributed by atoms with Gasteiger partial charge in [-0.25, -0.2) is 8.78 Å². The first-order chi connectivity index (χ1) is 9.96. The molecule has 0 amide bonds. The van der Waals surface area contributed by atoms with Gasteiger partial charge >= 0.3 is 0 Å². The summed E-state index contributed by atoms with van der Waals surface area (Å²) in [6.45, 7) is 7.73. The normalized spacial score (nSPS) is 28.2. The largest absolute Gasteiger partial charge is 0.311 e. The average Bonchev–Trinajstić information content (AvgIpc) is 2.47. The van der Waals surface area contributed by atoms with Gasteiger partial charge in [0.1, 0.15) is 0 Å². The van der Waals surface area contributed by atoms with Gasteiger partial charge in [-0.2, -0.15) is 5.26 Å². The molecule has 0 aromatic heterocycles. The minimum atomic E-state index is -2.39. The van der Waals surface area contributed by atoms with E-state index < -0.39 is 5.92 Å². The van der Waals surface area contributed by atoms with Crippen molar-refractivity contribution in [1.82, 2.24) is 5.32 Å². The molecular formula is C17H32F2N2. The summed E-state index contributed by atoms with van der Waals surface area (Å²) < 4.78 is 26.0. The Labute approximate surface area is 129 Å². The summed E-state index contributed by atoms with van der Waals surface area (Å²) in [5.41, 5.74) is 0. The lowest BCUT2D eigenvalue weighted by Gasteiger charge is -2.34. The second kappa shape index (κ2) is 11.0. The third-order valence-electron chi connectivity index (χ3n) is 4.20. The highest BCUT2D eigenvalue weighted by atomic mass is 19.3. The van der Waals surface area contributed by atoms with Gasteiger partial charge in [0.05, 0.1) is 6.07 Å². The summed E-state index contributed by atoms with van der Waals surface area (Å²) in [5, 5.41) is 10.9. The number of alkyl halides is 2. The van der Waals surface area contributed by atoms with Crippen LogP contribution in [0.5, 0.6) is 0 Å². The van der Waals surface area contributed by atoms with Crippen molar-refractivity contribution in [2.45, 2.75) is 97.1 Å². The molecule has 0 aliphatic heterocycles. The fraction of sp³-hybridized carbons (Fsp3) is 0.941. The maximum Gasteiger partial charge on any atom is 0.248 e. The molecule has 0 radical (unpaired) electrons. The summed E-state index contributed by atoms with van der Waals surface area (Å²) in [6, 6.07) is 2.69. The summed E-state index contributed by atoms with van der Waals surface area (Å²) in [4.78, 5) is 0. The Morgan fingerprint density at radius 2 is 1.33 bits per heavy atom. The number of nitrogens with one attached hydrogen (secondary N) is 1. The highest BCUT2D eigenvalue weighted by Crippen LogP contribution is 2.34. The van der Waals surface area contributed by atoms with E-state index in [9.17, 15) is 8.78 Å². The molecule has 0 saturated heterocycles. The number of nitrogens with zero attached hydrogens (tertiary/aromatic N) is 1. The first-order valence-electron chi connectivity index (χ1n) is 8.41. The van der Waals surface area contributed by atoms with Gasteiger partial charge in [0.15, 0.2) is 0 Å². The second-order valence-corrected chi connectivity index (χ2v) is 5.98. The van der Waals surface area contributed by atoms with Crippen LogP contribution in [-0.4, -0.2) is 18.0 Å². The Balaban J connectivity index is 0.000000713. The molecule has 2 aliphatic carbocycles. The molecule has 2 rings (SSSR count). The molecule has 0 unspecified atom stereocenters. The van der Waals surface area contributed by atoms with Crippen LogP contribution in [0.3, 0.4) is 0 Å². The Kier molecular flexibility index (Phi) is 10.6. The molecule has 0 spiro atoms. The van der Waals surface area contributed by atoms with Crippen LogP contribution in [0.4, 0.5) is 8.78 Å². The molecule has 0 heterocycles. The van der Waals surface area contributed by atoms with Crippen LogP contribution < -0.4 is 5.32 Å². The van der Waals surface area contributed by atoms with Crippen LogP contribution in [-0.2, 0) is 0 Å². The van der Waals surface area contributed by atoms with E-state index in [1.165, 1.54) is 32.6 Å². The molecule has 2 nitrogen and oxygen atoms in total. The van der Waals surface area contributed by atoms with Gasteiger partial charge in [-0.05, 0) is 44.4 Å². The average molecular weight is 302 g/mol. The van der Waals surface area contributed by atoms with E-state index in [0.29, 0.717) is 24.9 Å². The predicted molar refractivity (Wildman–Crippen MR) is 84.4 cm³/mol. The first-order valence-corrected chi connectivity index (χ1v) is 8.41. The van der Waals surface area contributed by atoms with Gasteiger partial charge in [-0.3, -0.25) is 0 Å². The Morgan fingerprint density at radius 1 is 0.952 bits per heavy atom. The van der Waals surface area contributed by atoms with Gasteiger partial charge in [-0.15, -0.1) is 0 Å². The van der Waals surface area contributed by atoms with Gasteiger partial charge < -0.3 is 5.32 Å². The molecular weight excluding hydrogens is 270 g/mol. The van der Waals surface area contributed by atoms with Crippen LogP contribution in [0.25, 0.3) is 0 Å². The van der Waals surface area contributed by atoms with Crippen molar-refractivity contribution >= 4 is 0 Å². The molecule has 1 N–H and O–H groups in total. The van der Waals surface area contributed by atoms with E-state index in [4.69, 9.17) is 5.26 Å². The maximum atomic E-state index is 13.0. The summed E-state index contributed by atoms with van der Waals surface area (Å²) in [7, 11) is 0. The Morgan fingerprint density at radius 3 is 1.76 bits per heavy atom. The lowest BCUT2D eigenvalue weighted by molar-refractivity contribution is -0.0416.